The van der Waals surface area contributed by atoms with E-state index in [-0.39, 0.29) is 35.8 Å². The van der Waals surface area contributed by atoms with Gasteiger partial charge in [0.25, 0.3) is 0 Å². The Bertz CT molecular complexity index is 342. The SMILES string of the molecule is CCOC1CCN(C(=NC)NCCNC(=O)C(C)C)CC1.I. The number of likely N-dealkylation sites (tertiary alicyclic amines) is 1. The highest BCUT2D eigenvalue weighted by atomic mass is 127. The number of carbonyl (C=O) groups is 1. The summed E-state index contributed by atoms with van der Waals surface area (Å²) < 4.78 is 5.66. The number of hydrogen-bond donors (Lipinski definition) is 2. The van der Waals surface area contributed by atoms with Crippen molar-refractivity contribution in [1.82, 2.24) is 15.5 Å². The summed E-state index contributed by atoms with van der Waals surface area (Å²) in [5.74, 6) is 1.02. The second kappa shape index (κ2) is 11.9. The van der Waals surface area contributed by atoms with Gasteiger partial charge in [0.1, 0.15) is 0 Å². The van der Waals surface area contributed by atoms with Crippen LogP contribution in [0.3, 0.4) is 0 Å². The molecule has 0 aromatic heterocycles. The molecule has 0 bridgehead atoms. The lowest BCUT2D eigenvalue weighted by atomic mass is 10.1. The zero-order valence-corrected chi connectivity index (χ0v) is 16.6. The molecule has 0 unspecified atom stereocenters. The van der Waals surface area contributed by atoms with Crippen LogP contribution in [0.4, 0.5) is 0 Å². The Balaban J connectivity index is 0.00000441. The van der Waals surface area contributed by atoms with Crippen molar-refractivity contribution in [2.24, 2.45) is 10.9 Å². The molecule has 0 aliphatic carbocycles. The van der Waals surface area contributed by atoms with E-state index < -0.39 is 0 Å². The third-order valence-electron chi connectivity index (χ3n) is 3.59. The molecule has 130 valence electrons. The van der Waals surface area contributed by atoms with Gasteiger partial charge in [-0.05, 0) is 19.8 Å². The highest BCUT2D eigenvalue weighted by Gasteiger charge is 2.21. The summed E-state index contributed by atoms with van der Waals surface area (Å²) >= 11 is 0. The average molecular weight is 426 g/mol. The van der Waals surface area contributed by atoms with E-state index >= 15 is 0 Å². The molecule has 0 aromatic carbocycles. The minimum Gasteiger partial charge on any atom is -0.378 e. The first-order valence-corrected chi connectivity index (χ1v) is 7.93. The number of ether oxygens (including phenoxy) is 1. The van der Waals surface area contributed by atoms with Crippen LogP contribution in [0.2, 0.25) is 0 Å². The topological polar surface area (TPSA) is 66.0 Å². The Morgan fingerprint density at radius 3 is 2.36 bits per heavy atom. The van der Waals surface area contributed by atoms with Gasteiger partial charge in [-0.25, -0.2) is 0 Å². The molecule has 2 N–H and O–H groups in total. The van der Waals surface area contributed by atoms with Crippen LogP contribution in [0.5, 0.6) is 0 Å². The number of nitrogens with zero attached hydrogens (tertiary/aromatic N) is 2. The molecule has 0 atom stereocenters. The first-order valence-electron chi connectivity index (χ1n) is 7.93. The Morgan fingerprint density at radius 1 is 1.27 bits per heavy atom. The van der Waals surface area contributed by atoms with Crippen molar-refractivity contribution in [3.05, 3.63) is 0 Å². The van der Waals surface area contributed by atoms with Gasteiger partial charge in [-0.15, -0.1) is 24.0 Å². The van der Waals surface area contributed by atoms with Gasteiger partial charge in [0, 0.05) is 45.8 Å². The number of nitrogens with one attached hydrogen (secondary N) is 2. The van der Waals surface area contributed by atoms with Crippen LogP contribution in [0.1, 0.15) is 33.6 Å². The number of hydrogen-bond acceptors (Lipinski definition) is 3. The quantitative estimate of drug-likeness (QED) is 0.292. The minimum atomic E-state index is 0. The summed E-state index contributed by atoms with van der Waals surface area (Å²) in [5.41, 5.74) is 0. The summed E-state index contributed by atoms with van der Waals surface area (Å²) in [7, 11) is 1.80. The largest absolute Gasteiger partial charge is 0.378 e. The van der Waals surface area contributed by atoms with Crippen molar-refractivity contribution in [1.29, 1.82) is 0 Å². The summed E-state index contributed by atoms with van der Waals surface area (Å²) in [6.45, 7) is 9.84. The molecule has 6 nitrogen and oxygen atoms in total. The Kier molecular flexibility index (Phi) is 11.6. The first-order chi connectivity index (χ1) is 10.1. The van der Waals surface area contributed by atoms with E-state index in [9.17, 15) is 4.79 Å². The molecule has 7 heteroatoms. The van der Waals surface area contributed by atoms with Crippen LogP contribution in [0.25, 0.3) is 0 Å². The van der Waals surface area contributed by atoms with E-state index in [1.54, 1.807) is 7.05 Å². The minimum absolute atomic E-state index is 0. The van der Waals surface area contributed by atoms with Crippen molar-refractivity contribution in [2.45, 2.75) is 39.7 Å². The van der Waals surface area contributed by atoms with Gasteiger partial charge in [-0.3, -0.25) is 9.79 Å². The van der Waals surface area contributed by atoms with Crippen molar-refractivity contribution in [3.63, 3.8) is 0 Å². The Morgan fingerprint density at radius 2 is 1.86 bits per heavy atom. The molecule has 0 radical (unpaired) electrons. The summed E-state index contributed by atoms with van der Waals surface area (Å²) in [6.07, 6.45) is 2.46. The van der Waals surface area contributed by atoms with E-state index in [1.807, 2.05) is 20.8 Å². The number of piperidine rings is 1. The van der Waals surface area contributed by atoms with E-state index in [0.717, 1.165) is 38.5 Å². The number of amides is 1. The highest BCUT2D eigenvalue weighted by Crippen LogP contribution is 2.13. The first kappa shape index (κ1) is 21.4. The third-order valence-corrected chi connectivity index (χ3v) is 3.59. The van der Waals surface area contributed by atoms with Crippen LogP contribution in [-0.4, -0.2) is 62.7 Å². The van der Waals surface area contributed by atoms with Gasteiger partial charge in [0.15, 0.2) is 5.96 Å². The molecule has 0 saturated carbocycles. The van der Waals surface area contributed by atoms with Gasteiger partial charge in [-0.1, -0.05) is 13.8 Å². The average Bonchev–Trinajstić information content (AvgIpc) is 2.48. The van der Waals surface area contributed by atoms with E-state index in [0.29, 0.717) is 19.2 Å². The zero-order valence-electron chi connectivity index (χ0n) is 14.2. The van der Waals surface area contributed by atoms with Gasteiger partial charge in [-0.2, -0.15) is 0 Å². The number of halogens is 1. The van der Waals surface area contributed by atoms with Crippen molar-refractivity contribution in [3.8, 4) is 0 Å². The number of carbonyl (C=O) groups excluding carboxylic acids is 1. The van der Waals surface area contributed by atoms with Crippen LogP contribution in [-0.2, 0) is 9.53 Å². The number of aliphatic imine (C=N–C) groups is 1. The van der Waals surface area contributed by atoms with Gasteiger partial charge >= 0.3 is 0 Å². The molecular formula is C15H31IN4O2. The fraction of sp³-hybridized carbons (Fsp3) is 0.867. The van der Waals surface area contributed by atoms with Crippen LogP contribution in [0.15, 0.2) is 4.99 Å². The zero-order chi connectivity index (χ0) is 15.7. The fourth-order valence-electron chi connectivity index (χ4n) is 2.37. The molecule has 0 spiro atoms. The molecule has 1 fully saturated rings. The number of guanidine groups is 1. The highest BCUT2D eigenvalue weighted by molar-refractivity contribution is 14.0. The molecule has 1 aliphatic heterocycles. The summed E-state index contributed by atoms with van der Waals surface area (Å²) in [5, 5.41) is 6.19. The molecular weight excluding hydrogens is 395 g/mol. The summed E-state index contributed by atoms with van der Waals surface area (Å²) in [4.78, 5) is 18.0. The van der Waals surface area contributed by atoms with Crippen molar-refractivity contribution in [2.75, 3.05) is 39.8 Å². The predicted molar refractivity (Wildman–Crippen MR) is 101 cm³/mol. The molecule has 1 heterocycles. The lowest BCUT2D eigenvalue weighted by Crippen LogP contribution is -2.48. The monoisotopic (exact) mass is 426 g/mol. The molecule has 22 heavy (non-hydrogen) atoms. The molecule has 1 saturated heterocycles. The molecule has 0 aromatic rings. The third kappa shape index (κ3) is 7.62. The van der Waals surface area contributed by atoms with Crippen LogP contribution in [0, 0.1) is 5.92 Å². The normalized spacial score (nSPS) is 16.4. The van der Waals surface area contributed by atoms with E-state index in [1.165, 1.54) is 0 Å². The van der Waals surface area contributed by atoms with Crippen molar-refractivity contribution < 1.29 is 9.53 Å². The Labute approximate surface area is 151 Å². The second-order valence-corrected chi connectivity index (χ2v) is 5.56. The number of rotatable bonds is 6. The van der Waals surface area contributed by atoms with Crippen LogP contribution >= 0.6 is 24.0 Å². The van der Waals surface area contributed by atoms with Crippen LogP contribution < -0.4 is 10.6 Å². The lowest BCUT2D eigenvalue weighted by Gasteiger charge is -2.34. The lowest BCUT2D eigenvalue weighted by molar-refractivity contribution is -0.123. The molecule has 1 amide bonds. The standard InChI is InChI=1S/C15H30N4O2.HI/c1-5-21-13-6-10-19(11-7-13)15(16-4)18-9-8-17-14(20)12(2)3;/h12-13H,5-11H2,1-4H3,(H,16,18)(H,17,20);1H. The van der Waals surface area contributed by atoms with Crippen molar-refractivity contribution >= 4 is 35.8 Å². The summed E-state index contributed by atoms with van der Waals surface area (Å²) in [6, 6.07) is 0. The van der Waals surface area contributed by atoms with Gasteiger partial charge < -0.3 is 20.3 Å². The maximum absolute atomic E-state index is 11.5. The Hall–Kier alpha value is -0.570. The second-order valence-electron chi connectivity index (χ2n) is 5.56. The van der Waals surface area contributed by atoms with Gasteiger partial charge in [0.05, 0.1) is 6.10 Å². The van der Waals surface area contributed by atoms with Gasteiger partial charge in [0.2, 0.25) is 5.91 Å². The fourth-order valence-corrected chi connectivity index (χ4v) is 2.37. The van der Waals surface area contributed by atoms with E-state index in [2.05, 4.69) is 20.5 Å². The predicted octanol–water partition coefficient (Wildman–Crippen LogP) is 1.45. The smallest absolute Gasteiger partial charge is 0.222 e. The van der Waals surface area contributed by atoms with E-state index in [4.69, 9.17) is 4.74 Å². The maximum atomic E-state index is 11.5. The maximum Gasteiger partial charge on any atom is 0.222 e. The molecule has 1 rings (SSSR count). The molecule has 1 aliphatic rings.